The molecule has 0 heterocycles. The monoisotopic (exact) mass is 223 g/mol. The molecule has 2 atom stereocenters. The molecular formula is C15H29N. The third-order valence-electron chi connectivity index (χ3n) is 4.04. The molecule has 1 nitrogen and oxygen atoms in total. The zero-order chi connectivity index (χ0) is 11.8. The molecule has 2 unspecified atom stereocenters. The molecule has 0 aromatic heterocycles. The van der Waals surface area contributed by atoms with Gasteiger partial charge in [-0.3, -0.25) is 0 Å². The lowest BCUT2D eigenvalue weighted by atomic mass is 9.77. The number of nitrogens with one attached hydrogen (secondary N) is 1. The summed E-state index contributed by atoms with van der Waals surface area (Å²) >= 11 is 0. The molecule has 0 saturated heterocycles. The van der Waals surface area contributed by atoms with E-state index in [1.165, 1.54) is 38.5 Å². The Morgan fingerprint density at radius 2 is 2.12 bits per heavy atom. The molecule has 0 bridgehead atoms. The zero-order valence-electron chi connectivity index (χ0n) is 11.4. The van der Waals surface area contributed by atoms with Gasteiger partial charge < -0.3 is 5.32 Å². The summed E-state index contributed by atoms with van der Waals surface area (Å²) in [6, 6.07) is 0. The summed E-state index contributed by atoms with van der Waals surface area (Å²) in [4.78, 5) is 0. The predicted octanol–water partition coefficient (Wildman–Crippen LogP) is 4.15. The highest BCUT2D eigenvalue weighted by Crippen LogP contribution is 2.34. The molecule has 1 saturated carbocycles. The van der Waals surface area contributed by atoms with E-state index < -0.39 is 0 Å². The third kappa shape index (κ3) is 4.69. The molecule has 16 heavy (non-hydrogen) atoms. The first kappa shape index (κ1) is 13.8. The highest BCUT2D eigenvalue weighted by atomic mass is 14.8. The van der Waals surface area contributed by atoms with E-state index in [1.54, 1.807) is 5.57 Å². The van der Waals surface area contributed by atoms with Crippen LogP contribution in [-0.4, -0.2) is 13.1 Å². The molecule has 1 aliphatic rings. The van der Waals surface area contributed by atoms with Crippen LogP contribution in [0.5, 0.6) is 0 Å². The molecule has 1 fully saturated rings. The van der Waals surface area contributed by atoms with Crippen molar-refractivity contribution >= 4 is 0 Å². The zero-order valence-corrected chi connectivity index (χ0v) is 11.4. The summed E-state index contributed by atoms with van der Waals surface area (Å²) in [5, 5.41) is 3.38. The number of hydrogen-bond acceptors (Lipinski definition) is 1. The van der Waals surface area contributed by atoms with Gasteiger partial charge in [0.2, 0.25) is 0 Å². The highest BCUT2D eigenvalue weighted by molar-refractivity contribution is 5.05. The van der Waals surface area contributed by atoms with Crippen LogP contribution >= 0.6 is 0 Å². The molecule has 1 N–H and O–H groups in total. The Bertz CT molecular complexity index is 207. The standard InChI is InChI=1S/C15H29N/c1-4-14-9-6-10-15(12-14)13(3)8-7-11-16-5-2/h8,14-16H,4-7,9-12H2,1-3H3. The molecular weight excluding hydrogens is 194 g/mol. The minimum Gasteiger partial charge on any atom is -0.317 e. The van der Waals surface area contributed by atoms with Crippen LogP contribution in [0.3, 0.4) is 0 Å². The lowest BCUT2D eigenvalue weighted by Gasteiger charge is -2.29. The Hall–Kier alpha value is -0.300. The molecule has 1 heteroatoms. The smallest absolute Gasteiger partial charge is 0.00143 e. The van der Waals surface area contributed by atoms with Crippen molar-refractivity contribution in [2.75, 3.05) is 13.1 Å². The first-order valence-electron chi connectivity index (χ1n) is 7.15. The predicted molar refractivity (Wildman–Crippen MR) is 72.7 cm³/mol. The van der Waals surface area contributed by atoms with Crippen molar-refractivity contribution in [3.63, 3.8) is 0 Å². The first-order chi connectivity index (χ1) is 7.77. The molecule has 0 aromatic rings. The van der Waals surface area contributed by atoms with Crippen molar-refractivity contribution in [3.8, 4) is 0 Å². The van der Waals surface area contributed by atoms with Gasteiger partial charge in [-0.2, -0.15) is 0 Å². The summed E-state index contributed by atoms with van der Waals surface area (Å²) in [5.74, 6) is 1.89. The summed E-state index contributed by atoms with van der Waals surface area (Å²) in [5.41, 5.74) is 1.65. The van der Waals surface area contributed by atoms with Crippen LogP contribution in [0.4, 0.5) is 0 Å². The lowest BCUT2D eigenvalue weighted by Crippen LogP contribution is -2.16. The van der Waals surface area contributed by atoms with Gasteiger partial charge in [0.1, 0.15) is 0 Å². The van der Waals surface area contributed by atoms with Crippen LogP contribution in [0.1, 0.15) is 59.3 Å². The largest absolute Gasteiger partial charge is 0.317 e. The fourth-order valence-corrected chi connectivity index (χ4v) is 2.82. The van der Waals surface area contributed by atoms with E-state index >= 15 is 0 Å². The topological polar surface area (TPSA) is 12.0 Å². The maximum Gasteiger partial charge on any atom is -0.00143 e. The first-order valence-corrected chi connectivity index (χ1v) is 7.15. The quantitative estimate of drug-likeness (QED) is 0.527. The van der Waals surface area contributed by atoms with E-state index in [4.69, 9.17) is 0 Å². The molecule has 0 aliphatic heterocycles. The van der Waals surface area contributed by atoms with Gasteiger partial charge in [0.25, 0.3) is 0 Å². The fraction of sp³-hybridized carbons (Fsp3) is 0.867. The highest BCUT2D eigenvalue weighted by Gasteiger charge is 2.21. The maximum atomic E-state index is 3.38. The van der Waals surface area contributed by atoms with Crippen LogP contribution in [0.2, 0.25) is 0 Å². The second-order valence-corrected chi connectivity index (χ2v) is 5.23. The maximum absolute atomic E-state index is 3.38. The van der Waals surface area contributed by atoms with Crippen LogP contribution in [-0.2, 0) is 0 Å². The Morgan fingerprint density at radius 1 is 1.31 bits per heavy atom. The fourth-order valence-electron chi connectivity index (χ4n) is 2.82. The average Bonchev–Trinajstić information content (AvgIpc) is 2.34. The van der Waals surface area contributed by atoms with E-state index in [1.807, 2.05) is 0 Å². The second-order valence-electron chi connectivity index (χ2n) is 5.23. The molecule has 1 aliphatic carbocycles. The van der Waals surface area contributed by atoms with E-state index in [0.717, 1.165) is 24.9 Å². The van der Waals surface area contributed by atoms with Gasteiger partial charge in [-0.15, -0.1) is 0 Å². The average molecular weight is 223 g/mol. The molecule has 0 radical (unpaired) electrons. The van der Waals surface area contributed by atoms with Crippen LogP contribution < -0.4 is 5.32 Å². The minimum atomic E-state index is 0.889. The van der Waals surface area contributed by atoms with Gasteiger partial charge in [-0.1, -0.05) is 44.8 Å². The normalized spacial score (nSPS) is 27.1. The Morgan fingerprint density at radius 3 is 2.81 bits per heavy atom. The molecule has 0 aromatic carbocycles. The summed E-state index contributed by atoms with van der Waals surface area (Å²) in [6.45, 7) is 9.08. The van der Waals surface area contributed by atoms with Gasteiger partial charge in [-0.05, 0) is 51.1 Å². The second kappa shape index (κ2) is 7.89. The van der Waals surface area contributed by atoms with Gasteiger partial charge >= 0.3 is 0 Å². The van der Waals surface area contributed by atoms with Crippen LogP contribution in [0.25, 0.3) is 0 Å². The van der Waals surface area contributed by atoms with E-state index in [0.29, 0.717) is 0 Å². The van der Waals surface area contributed by atoms with E-state index in [9.17, 15) is 0 Å². The molecule has 0 amide bonds. The third-order valence-corrected chi connectivity index (χ3v) is 4.04. The van der Waals surface area contributed by atoms with Gasteiger partial charge in [-0.25, -0.2) is 0 Å². The molecule has 94 valence electrons. The van der Waals surface area contributed by atoms with E-state index in [2.05, 4.69) is 32.2 Å². The van der Waals surface area contributed by atoms with Crippen molar-refractivity contribution < 1.29 is 0 Å². The number of allylic oxidation sites excluding steroid dienone is 1. The number of rotatable bonds is 6. The Labute approximate surface area is 102 Å². The van der Waals surface area contributed by atoms with Crippen LogP contribution in [0.15, 0.2) is 11.6 Å². The Kier molecular flexibility index (Phi) is 6.79. The van der Waals surface area contributed by atoms with E-state index in [-0.39, 0.29) is 0 Å². The van der Waals surface area contributed by atoms with Crippen molar-refractivity contribution in [2.24, 2.45) is 11.8 Å². The number of hydrogen-bond donors (Lipinski definition) is 1. The lowest BCUT2D eigenvalue weighted by molar-refractivity contribution is 0.288. The van der Waals surface area contributed by atoms with Gasteiger partial charge in [0.15, 0.2) is 0 Å². The minimum absolute atomic E-state index is 0.889. The summed E-state index contributed by atoms with van der Waals surface area (Å²) in [7, 11) is 0. The SMILES string of the molecule is CCNCCC=C(C)C1CCCC(CC)C1. The van der Waals surface area contributed by atoms with Crippen molar-refractivity contribution in [1.29, 1.82) is 0 Å². The van der Waals surface area contributed by atoms with Gasteiger partial charge in [0, 0.05) is 0 Å². The van der Waals surface area contributed by atoms with Crippen LogP contribution in [0, 0.1) is 11.8 Å². The van der Waals surface area contributed by atoms with Crippen molar-refractivity contribution in [2.45, 2.75) is 59.3 Å². The van der Waals surface area contributed by atoms with Gasteiger partial charge in [0.05, 0.1) is 0 Å². The Balaban J connectivity index is 2.31. The summed E-state index contributed by atoms with van der Waals surface area (Å²) in [6.07, 6.45) is 10.8. The van der Waals surface area contributed by atoms with Crippen molar-refractivity contribution in [3.05, 3.63) is 11.6 Å². The molecule has 0 spiro atoms. The molecule has 1 rings (SSSR count). The van der Waals surface area contributed by atoms with Crippen molar-refractivity contribution in [1.82, 2.24) is 5.32 Å². The summed E-state index contributed by atoms with van der Waals surface area (Å²) < 4.78 is 0.